The van der Waals surface area contributed by atoms with Gasteiger partial charge in [-0.1, -0.05) is 50.3 Å². The van der Waals surface area contributed by atoms with E-state index in [4.69, 9.17) is 0 Å². The molecule has 0 radical (unpaired) electrons. The number of hydrogen-bond acceptors (Lipinski definition) is 1. The summed E-state index contributed by atoms with van der Waals surface area (Å²) in [6.45, 7) is 6.04. The number of hydrogen-bond donors (Lipinski definition) is 0. The van der Waals surface area contributed by atoms with Crippen LogP contribution in [0.3, 0.4) is 0 Å². The van der Waals surface area contributed by atoms with Crippen molar-refractivity contribution in [1.29, 1.82) is 0 Å². The van der Waals surface area contributed by atoms with Crippen LogP contribution in [0.4, 0.5) is 0 Å². The smallest absolute Gasteiger partial charge is 0.145 e. The van der Waals surface area contributed by atoms with E-state index in [9.17, 15) is 4.79 Å². The van der Waals surface area contributed by atoms with E-state index in [1.807, 2.05) is 31.2 Å². The number of carbonyl (C=O) groups excluding carboxylic acids is 1. The van der Waals surface area contributed by atoms with Crippen molar-refractivity contribution < 1.29 is 4.79 Å². The number of aldehydes is 1. The van der Waals surface area contributed by atoms with Crippen molar-refractivity contribution in [3.63, 3.8) is 0 Å². The molecule has 0 bridgehead atoms. The Bertz CT molecular complexity index is 334. The van der Waals surface area contributed by atoms with Crippen LogP contribution in [-0.4, -0.2) is 6.29 Å². The van der Waals surface area contributed by atoms with E-state index < -0.39 is 0 Å². The van der Waals surface area contributed by atoms with Crippen LogP contribution in [-0.2, 0) is 10.2 Å². The lowest BCUT2D eigenvalue weighted by Gasteiger charge is -2.21. The summed E-state index contributed by atoms with van der Waals surface area (Å²) < 4.78 is 0. The van der Waals surface area contributed by atoms with E-state index in [0.717, 1.165) is 11.9 Å². The summed E-state index contributed by atoms with van der Waals surface area (Å²) in [6.07, 6.45) is 2.89. The number of rotatable bonds is 3. The molecule has 0 fully saturated rings. The molecule has 0 saturated heterocycles. The van der Waals surface area contributed by atoms with Gasteiger partial charge in [0.25, 0.3) is 0 Å². The highest BCUT2D eigenvalue weighted by Gasteiger charge is 2.16. The van der Waals surface area contributed by atoms with Crippen LogP contribution < -0.4 is 0 Å². The van der Waals surface area contributed by atoms with Crippen LogP contribution in [0.2, 0.25) is 0 Å². The number of benzene rings is 1. The molecule has 0 spiro atoms. The summed E-state index contributed by atoms with van der Waals surface area (Å²) >= 11 is 0. The zero-order valence-electron chi connectivity index (χ0n) is 8.95. The average Bonchev–Trinajstić information content (AvgIpc) is 2.18. The van der Waals surface area contributed by atoms with Crippen molar-refractivity contribution in [3.05, 3.63) is 47.5 Å². The molecule has 0 heterocycles. The highest BCUT2D eigenvalue weighted by molar-refractivity contribution is 5.72. The third-order valence-corrected chi connectivity index (χ3v) is 2.29. The van der Waals surface area contributed by atoms with Crippen LogP contribution >= 0.6 is 0 Å². The lowest BCUT2D eigenvalue weighted by Crippen LogP contribution is -2.14. The SMILES string of the molecule is C/C(C=O)=C\C(C)(C)c1ccccc1. The van der Waals surface area contributed by atoms with Gasteiger partial charge in [-0.25, -0.2) is 0 Å². The second-order valence-electron chi connectivity index (χ2n) is 4.09. The summed E-state index contributed by atoms with van der Waals surface area (Å²) in [4.78, 5) is 10.5. The van der Waals surface area contributed by atoms with Crippen LogP contribution in [0.15, 0.2) is 42.0 Å². The van der Waals surface area contributed by atoms with Gasteiger partial charge in [0, 0.05) is 5.41 Å². The first-order chi connectivity index (χ1) is 6.56. The van der Waals surface area contributed by atoms with Crippen molar-refractivity contribution in [2.75, 3.05) is 0 Å². The highest BCUT2D eigenvalue weighted by Crippen LogP contribution is 2.25. The molecule has 0 aliphatic heterocycles. The maximum Gasteiger partial charge on any atom is 0.145 e. The second kappa shape index (κ2) is 4.23. The Balaban J connectivity index is 3.02. The molecule has 1 aromatic carbocycles. The van der Waals surface area contributed by atoms with Gasteiger partial charge in [0.15, 0.2) is 0 Å². The van der Waals surface area contributed by atoms with Gasteiger partial charge < -0.3 is 0 Å². The molecule has 1 heteroatoms. The summed E-state index contributed by atoms with van der Waals surface area (Å²) in [6, 6.07) is 10.2. The largest absolute Gasteiger partial charge is 0.298 e. The van der Waals surface area contributed by atoms with Crippen LogP contribution in [0, 0.1) is 0 Å². The highest BCUT2D eigenvalue weighted by atomic mass is 16.1. The van der Waals surface area contributed by atoms with Crippen LogP contribution in [0.25, 0.3) is 0 Å². The quantitative estimate of drug-likeness (QED) is 0.526. The topological polar surface area (TPSA) is 17.1 Å². The lowest BCUT2D eigenvalue weighted by molar-refractivity contribution is -0.104. The Hall–Kier alpha value is -1.37. The number of allylic oxidation sites excluding steroid dienone is 2. The predicted molar refractivity (Wildman–Crippen MR) is 59.3 cm³/mol. The lowest BCUT2D eigenvalue weighted by atomic mass is 9.83. The van der Waals surface area contributed by atoms with Crippen LogP contribution in [0.1, 0.15) is 26.3 Å². The fraction of sp³-hybridized carbons (Fsp3) is 0.308. The van der Waals surface area contributed by atoms with Gasteiger partial charge >= 0.3 is 0 Å². The minimum atomic E-state index is -0.0771. The molecule has 0 aliphatic carbocycles. The van der Waals surface area contributed by atoms with Crippen molar-refractivity contribution in [2.24, 2.45) is 0 Å². The zero-order chi connectivity index (χ0) is 10.6. The van der Waals surface area contributed by atoms with E-state index in [-0.39, 0.29) is 5.41 Å². The average molecular weight is 188 g/mol. The monoisotopic (exact) mass is 188 g/mol. The maximum atomic E-state index is 10.5. The molecule has 1 aromatic rings. The van der Waals surface area contributed by atoms with Crippen LogP contribution in [0.5, 0.6) is 0 Å². The minimum Gasteiger partial charge on any atom is -0.298 e. The first-order valence-electron chi connectivity index (χ1n) is 4.76. The fourth-order valence-electron chi connectivity index (χ4n) is 1.55. The molecule has 0 aliphatic rings. The Morgan fingerprint density at radius 3 is 2.29 bits per heavy atom. The van der Waals surface area contributed by atoms with Gasteiger partial charge in [-0.05, 0) is 18.1 Å². The summed E-state index contributed by atoms with van der Waals surface area (Å²) in [5.74, 6) is 0. The molecule has 74 valence electrons. The third-order valence-electron chi connectivity index (χ3n) is 2.29. The predicted octanol–water partition coefficient (Wildman–Crippen LogP) is 3.11. The molecule has 0 amide bonds. The molecular formula is C13H16O. The molecule has 0 atom stereocenters. The van der Waals surface area contributed by atoms with Crippen molar-refractivity contribution in [1.82, 2.24) is 0 Å². The first-order valence-corrected chi connectivity index (χ1v) is 4.76. The molecule has 0 aromatic heterocycles. The Kier molecular flexibility index (Phi) is 3.23. The standard InChI is InChI=1S/C13H16O/c1-11(10-14)9-13(2,3)12-7-5-4-6-8-12/h4-10H,1-3H3/b11-9+. The van der Waals surface area contributed by atoms with E-state index in [2.05, 4.69) is 26.0 Å². The Morgan fingerprint density at radius 1 is 1.21 bits per heavy atom. The van der Waals surface area contributed by atoms with E-state index in [1.165, 1.54) is 5.56 Å². The molecular weight excluding hydrogens is 172 g/mol. The minimum absolute atomic E-state index is 0.0771. The normalized spacial score (nSPS) is 12.6. The summed E-state index contributed by atoms with van der Waals surface area (Å²) in [5.41, 5.74) is 1.92. The van der Waals surface area contributed by atoms with Crippen molar-refractivity contribution in [3.8, 4) is 0 Å². The molecule has 0 unspecified atom stereocenters. The van der Waals surface area contributed by atoms with Gasteiger partial charge in [-0.2, -0.15) is 0 Å². The van der Waals surface area contributed by atoms with Gasteiger partial charge in [0.2, 0.25) is 0 Å². The Morgan fingerprint density at radius 2 is 1.79 bits per heavy atom. The van der Waals surface area contributed by atoms with E-state index in [0.29, 0.717) is 0 Å². The molecule has 0 N–H and O–H groups in total. The van der Waals surface area contributed by atoms with Crippen molar-refractivity contribution >= 4 is 6.29 Å². The molecule has 1 nitrogen and oxygen atoms in total. The van der Waals surface area contributed by atoms with E-state index in [1.54, 1.807) is 0 Å². The summed E-state index contributed by atoms with van der Waals surface area (Å²) in [5, 5.41) is 0. The van der Waals surface area contributed by atoms with Gasteiger partial charge in [0.05, 0.1) is 0 Å². The molecule has 0 saturated carbocycles. The van der Waals surface area contributed by atoms with Gasteiger partial charge in [-0.3, -0.25) is 4.79 Å². The molecule has 1 rings (SSSR count). The van der Waals surface area contributed by atoms with Gasteiger partial charge in [0.1, 0.15) is 6.29 Å². The van der Waals surface area contributed by atoms with Gasteiger partial charge in [-0.15, -0.1) is 0 Å². The number of carbonyl (C=O) groups is 1. The third kappa shape index (κ3) is 2.56. The Labute approximate surface area is 85.5 Å². The van der Waals surface area contributed by atoms with E-state index >= 15 is 0 Å². The zero-order valence-corrected chi connectivity index (χ0v) is 8.95. The summed E-state index contributed by atoms with van der Waals surface area (Å²) in [7, 11) is 0. The van der Waals surface area contributed by atoms with Crippen molar-refractivity contribution in [2.45, 2.75) is 26.2 Å². The fourth-order valence-corrected chi connectivity index (χ4v) is 1.55. The second-order valence-corrected chi connectivity index (χ2v) is 4.09. The first kappa shape index (κ1) is 10.7. The molecule has 14 heavy (non-hydrogen) atoms. The maximum absolute atomic E-state index is 10.5.